The molecule has 3 nitrogen and oxygen atoms in total. The van der Waals surface area contributed by atoms with Gasteiger partial charge in [-0.05, 0) is 36.8 Å². The van der Waals surface area contributed by atoms with Crippen molar-refractivity contribution in [3.05, 3.63) is 65.3 Å². The minimum Gasteiger partial charge on any atom is -0.385 e. The lowest BCUT2D eigenvalue weighted by Gasteiger charge is -2.06. The molecule has 118 valence electrons. The summed E-state index contributed by atoms with van der Waals surface area (Å²) in [6.45, 7) is 1.36. The smallest absolute Gasteiger partial charge is 0.261 e. The summed E-state index contributed by atoms with van der Waals surface area (Å²) >= 11 is 1.31. The van der Waals surface area contributed by atoms with Crippen molar-refractivity contribution in [1.82, 2.24) is 5.32 Å². The van der Waals surface area contributed by atoms with Crippen molar-refractivity contribution in [2.24, 2.45) is 0 Å². The van der Waals surface area contributed by atoms with E-state index < -0.39 is 0 Å². The van der Waals surface area contributed by atoms with Gasteiger partial charge < -0.3 is 10.6 Å². The Morgan fingerprint density at radius 2 is 1.87 bits per heavy atom. The van der Waals surface area contributed by atoms with Gasteiger partial charge in [-0.3, -0.25) is 4.79 Å². The van der Waals surface area contributed by atoms with Crippen molar-refractivity contribution in [2.75, 3.05) is 18.4 Å². The number of anilines is 1. The Labute approximate surface area is 138 Å². The van der Waals surface area contributed by atoms with E-state index in [1.807, 2.05) is 36.4 Å². The lowest BCUT2D eigenvalue weighted by atomic mass is 10.2. The normalized spacial score (nSPS) is 10.7. The molecule has 1 heterocycles. The molecule has 0 aliphatic heterocycles. The number of para-hydroxylation sites is 1. The van der Waals surface area contributed by atoms with Gasteiger partial charge in [0.1, 0.15) is 5.82 Å². The molecule has 0 aliphatic carbocycles. The molecule has 0 atom stereocenters. The summed E-state index contributed by atoms with van der Waals surface area (Å²) in [5, 5.41) is 6.67. The third-order valence-corrected chi connectivity index (χ3v) is 4.57. The van der Waals surface area contributed by atoms with E-state index in [1.165, 1.54) is 17.4 Å². The summed E-state index contributed by atoms with van der Waals surface area (Å²) in [7, 11) is 0. The van der Waals surface area contributed by atoms with Crippen LogP contribution in [0.4, 0.5) is 10.1 Å². The van der Waals surface area contributed by atoms with E-state index in [-0.39, 0.29) is 11.7 Å². The maximum atomic E-state index is 13.6. The minimum absolute atomic E-state index is 0.148. The Morgan fingerprint density at radius 1 is 1.04 bits per heavy atom. The first-order valence-electron chi connectivity index (χ1n) is 7.49. The fourth-order valence-electron chi connectivity index (χ4n) is 2.30. The van der Waals surface area contributed by atoms with Crippen LogP contribution >= 0.6 is 11.3 Å². The zero-order chi connectivity index (χ0) is 16.1. The van der Waals surface area contributed by atoms with Crippen LogP contribution in [0.25, 0.3) is 10.1 Å². The van der Waals surface area contributed by atoms with Crippen LogP contribution < -0.4 is 10.6 Å². The number of fused-ring (bicyclic) bond motifs is 1. The molecule has 0 saturated heterocycles. The van der Waals surface area contributed by atoms with E-state index in [0.717, 1.165) is 23.4 Å². The second kappa shape index (κ2) is 7.24. The first kappa shape index (κ1) is 15.5. The predicted molar refractivity (Wildman–Crippen MR) is 93.7 cm³/mol. The highest BCUT2D eigenvalue weighted by Gasteiger charge is 2.11. The van der Waals surface area contributed by atoms with Crippen LogP contribution in [0.3, 0.4) is 0 Å². The zero-order valence-electron chi connectivity index (χ0n) is 12.5. The summed E-state index contributed by atoms with van der Waals surface area (Å²) in [5.74, 6) is -0.435. The van der Waals surface area contributed by atoms with Gasteiger partial charge >= 0.3 is 0 Å². The maximum Gasteiger partial charge on any atom is 0.261 e. The Morgan fingerprint density at radius 3 is 2.65 bits per heavy atom. The highest BCUT2D eigenvalue weighted by Crippen LogP contribution is 2.27. The van der Waals surface area contributed by atoms with Crippen molar-refractivity contribution in [1.29, 1.82) is 0 Å². The summed E-state index contributed by atoms with van der Waals surface area (Å²) < 4.78 is 14.4. The maximum absolute atomic E-state index is 13.6. The van der Waals surface area contributed by atoms with Crippen LogP contribution in [0.5, 0.6) is 0 Å². The quantitative estimate of drug-likeness (QED) is 0.663. The Hall–Kier alpha value is -2.40. The van der Waals surface area contributed by atoms with Crippen LogP contribution in [0.2, 0.25) is 0 Å². The Kier molecular flexibility index (Phi) is 4.88. The molecule has 1 aromatic heterocycles. The molecular formula is C18H17FN2OS. The average molecular weight is 328 g/mol. The first-order chi connectivity index (χ1) is 11.2. The molecule has 0 fully saturated rings. The highest BCUT2D eigenvalue weighted by atomic mass is 32.1. The van der Waals surface area contributed by atoms with Crippen LogP contribution in [0.15, 0.2) is 54.6 Å². The molecular weight excluding hydrogens is 311 g/mol. The van der Waals surface area contributed by atoms with Gasteiger partial charge in [-0.15, -0.1) is 11.3 Å². The van der Waals surface area contributed by atoms with Gasteiger partial charge in [-0.2, -0.15) is 0 Å². The van der Waals surface area contributed by atoms with Crippen LogP contribution in [0, 0.1) is 5.82 Å². The van der Waals surface area contributed by atoms with Gasteiger partial charge in [0.15, 0.2) is 0 Å². The molecule has 1 amide bonds. The number of amides is 1. The number of hydrogen-bond acceptors (Lipinski definition) is 3. The number of nitrogens with one attached hydrogen (secondary N) is 2. The molecule has 2 aromatic carbocycles. The van der Waals surface area contributed by atoms with E-state index in [0.29, 0.717) is 16.8 Å². The number of carbonyl (C=O) groups excluding carboxylic acids is 1. The lowest BCUT2D eigenvalue weighted by molar-refractivity contribution is 0.0957. The predicted octanol–water partition coefficient (Wildman–Crippen LogP) is 4.27. The Balaban J connectivity index is 1.48. The standard InChI is InChI=1S/C18H17FN2OS/c19-15-8-4-9-16-14(15)12-17(23-16)18(22)21-11-5-10-20-13-6-2-1-3-7-13/h1-4,6-9,12,20H,5,10-11H2,(H,21,22). The molecule has 23 heavy (non-hydrogen) atoms. The molecule has 0 unspecified atom stereocenters. The third-order valence-electron chi connectivity index (χ3n) is 3.47. The van der Waals surface area contributed by atoms with Crippen LogP contribution in [0.1, 0.15) is 16.1 Å². The van der Waals surface area contributed by atoms with Gasteiger partial charge in [-0.1, -0.05) is 24.3 Å². The minimum atomic E-state index is -0.287. The van der Waals surface area contributed by atoms with E-state index in [9.17, 15) is 9.18 Å². The molecule has 0 saturated carbocycles. The molecule has 0 aliphatic rings. The zero-order valence-corrected chi connectivity index (χ0v) is 13.3. The molecule has 3 rings (SSSR count). The molecule has 3 aromatic rings. The summed E-state index contributed by atoms with van der Waals surface area (Å²) in [6, 6.07) is 16.4. The topological polar surface area (TPSA) is 41.1 Å². The molecule has 2 N–H and O–H groups in total. The number of rotatable bonds is 6. The summed E-state index contributed by atoms with van der Waals surface area (Å²) in [6.07, 6.45) is 0.819. The van der Waals surface area contributed by atoms with Crippen molar-refractivity contribution < 1.29 is 9.18 Å². The van der Waals surface area contributed by atoms with Crippen molar-refractivity contribution in [3.8, 4) is 0 Å². The number of carbonyl (C=O) groups is 1. The fraction of sp³-hybridized carbons (Fsp3) is 0.167. The lowest BCUT2D eigenvalue weighted by Crippen LogP contribution is -2.25. The number of hydrogen-bond donors (Lipinski definition) is 2. The third kappa shape index (κ3) is 3.87. The van der Waals surface area contributed by atoms with Gasteiger partial charge in [-0.25, -0.2) is 4.39 Å². The second-order valence-corrected chi connectivity index (χ2v) is 6.25. The second-order valence-electron chi connectivity index (χ2n) is 5.16. The number of benzene rings is 2. The molecule has 0 spiro atoms. The largest absolute Gasteiger partial charge is 0.385 e. The average Bonchev–Trinajstić information content (AvgIpc) is 3.01. The van der Waals surface area contributed by atoms with Gasteiger partial charge in [0.05, 0.1) is 4.88 Å². The molecule has 0 bridgehead atoms. The van der Waals surface area contributed by atoms with Crippen LogP contribution in [-0.2, 0) is 0 Å². The summed E-state index contributed by atoms with van der Waals surface area (Å²) in [4.78, 5) is 12.7. The number of thiophene rings is 1. The van der Waals surface area contributed by atoms with E-state index in [1.54, 1.807) is 12.1 Å². The molecule has 5 heteroatoms. The van der Waals surface area contributed by atoms with E-state index >= 15 is 0 Å². The highest BCUT2D eigenvalue weighted by molar-refractivity contribution is 7.20. The fourth-order valence-corrected chi connectivity index (χ4v) is 3.29. The van der Waals surface area contributed by atoms with Crippen molar-refractivity contribution >= 4 is 33.0 Å². The Bertz CT molecular complexity index is 801. The van der Waals surface area contributed by atoms with Gasteiger partial charge in [0, 0.05) is 28.9 Å². The van der Waals surface area contributed by atoms with Crippen molar-refractivity contribution in [3.63, 3.8) is 0 Å². The molecule has 0 radical (unpaired) electrons. The first-order valence-corrected chi connectivity index (χ1v) is 8.31. The van der Waals surface area contributed by atoms with Gasteiger partial charge in [0.25, 0.3) is 5.91 Å². The summed E-state index contributed by atoms with van der Waals surface area (Å²) in [5.41, 5.74) is 1.07. The number of halogens is 1. The van der Waals surface area contributed by atoms with E-state index in [4.69, 9.17) is 0 Å². The van der Waals surface area contributed by atoms with E-state index in [2.05, 4.69) is 10.6 Å². The SMILES string of the molecule is O=C(NCCCNc1ccccc1)c1cc2c(F)cccc2s1. The van der Waals surface area contributed by atoms with Crippen molar-refractivity contribution in [2.45, 2.75) is 6.42 Å². The monoisotopic (exact) mass is 328 g/mol. The van der Waals surface area contributed by atoms with Crippen LogP contribution in [-0.4, -0.2) is 19.0 Å². The van der Waals surface area contributed by atoms with Gasteiger partial charge in [0.2, 0.25) is 0 Å².